The predicted octanol–water partition coefficient (Wildman–Crippen LogP) is 3.48. The van der Waals surface area contributed by atoms with Crippen LogP contribution in [0, 0.1) is 11.8 Å². The number of piperidine rings is 1. The van der Waals surface area contributed by atoms with Crippen molar-refractivity contribution in [1.29, 1.82) is 0 Å². The number of nitrogens with one attached hydrogen (secondary N) is 2. The summed E-state index contributed by atoms with van der Waals surface area (Å²) in [6.45, 7) is 4.76. The molecular weight excluding hydrogens is 336 g/mol. The highest BCUT2D eigenvalue weighted by Crippen LogP contribution is 2.48. The van der Waals surface area contributed by atoms with E-state index in [0.29, 0.717) is 24.5 Å². The average Bonchev–Trinajstić information content (AvgIpc) is 3.50. The first-order valence-corrected chi connectivity index (χ1v) is 9.98. The predicted molar refractivity (Wildman–Crippen MR) is 107 cm³/mol. The van der Waals surface area contributed by atoms with E-state index < -0.39 is 0 Å². The Balaban J connectivity index is 1.28. The largest absolute Gasteiger partial charge is 0.489 e. The van der Waals surface area contributed by atoms with Gasteiger partial charge in [-0.05, 0) is 61.0 Å². The van der Waals surface area contributed by atoms with Crippen LogP contribution >= 0.6 is 0 Å². The number of amides is 1. The van der Waals surface area contributed by atoms with Crippen molar-refractivity contribution in [3.63, 3.8) is 0 Å². The molecule has 1 aliphatic heterocycles. The van der Waals surface area contributed by atoms with Gasteiger partial charge < -0.3 is 15.4 Å². The van der Waals surface area contributed by atoms with Gasteiger partial charge in [-0.3, -0.25) is 4.79 Å². The summed E-state index contributed by atoms with van der Waals surface area (Å²) in [5.74, 6) is 2.07. The summed E-state index contributed by atoms with van der Waals surface area (Å²) in [5.41, 5.74) is 2.40. The van der Waals surface area contributed by atoms with E-state index in [1.54, 1.807) is 0 Å². The molecule has 2 aliphatic rings. The number of hydrogen-bond acceptors (Lipinski definition) is 3. The van der Waals surface area contributed by atoms with Crippen molar-refractivity contribution < 1.29 is 9.53 Å². The monoisotopic (exact) mass is 364 g/mol. The lowest BCUT2D eigenvalue weighted by Crippen LogP contribution is -2.48. The molecule has 1 saturated carbocycles. The lowest BCUT2D eigenvalue weighted by atomic mass is 9.95. The zero-order valence-electron chi connectivity index (χ0n) is 15.9. The van der Waals surface area contributed by atoms with Gasteiger partial charge in [-0.15, -0.1) is 0 Å². The number of benzene rings is 2. The molecule has 1 saturated heterocycles. The first-order chi connectivity index (χ1) is 13.2. The van der Waals surface area contributed by atoms with Crippen molar-refractivity contribution in [1.82, 2.24) is 10.6 Å². The third-order valence-electron chi connectivity index (χ3n) is 5.80. The van der Waals surface area contributed by atoms with Gasteiger partial charge in [-0.25, -0.2) is 0 Å². The van der Waals surface area contributed by atoms with E-state index in [1.165, 1.54) is 5.56 Å². The van der Waals surface area contributed by atoms with Gasteiger partial charge in [0, 0.05) is 12.0 Å². The maximum Gasteiger partial charge on any atom is 0.223 e. The van der Waals surface area contributed by atoms with Crippen molar-refractivity contribution in [3.05, 3.63) is 65.7 Å². The molecule has 27 heavy (non-hydrogen) atoms. The lowest BCUT2D eigenvalue weighted by molar-refractivity contribution is -0.123. The van der Waals surface area contributed by atoms with Crippen LogP contribution in [0.15, 0.2) is 54.6 Å². The Morgan fingerprint density at radius 3 is 2.67 bits per heavy atom. The second kappa shape index (κ2) is 8.13. The Bertz CT molecular complexity index is 760. The molecule has 2 aromatic rings. The highest BCUT2D eigenvalue weighted by Gasteiger charge is 2.44. The van der Waals surface area contributed by atoms with E-state index in [4.69, 9.17) is 4.74 Å². The molecule has 0 spiro atoms. The van der Waals surface area contributed by atoms with Crippen molar-refractivity contribution >= 4 is 5.91 Å². The normalized spacial score (nSPS) is 27.0. The van der Waals surface area contributed by atoms with Crippen LogP contribution in [0.3, 0.4) is 0 Å². The van der Waals surface area contributed by atoms with Gasteiger partial charge in [0.05, 0.1) is 0 Å². The Morgan fingerprint density at radius 1 is 1.15 bits per heavy atom. The zero-order valence-corrected chi connectivity index (χ0v) is 15.9. The van der Waals surface area contributed by atoms with Crippen LogP contribution in [-0.4, -0.2) is 25.0 Å². The molecule has 0 radical (unpaired) electrons. The van der Waals surface area contributed by atoms with E-state index in [0.717, 1.165) is 37.2 Å². The van der Waals surface area contributed by atoms with Gasteiger partial charge in [0.1, 0.15) is 12.4 Å². The van der Waals surface area contributed by atoms with Crippen molar-refractivity contribution in [2.45, 2.75) is 38.3 Å². The Labute approximate surface area is 161 Å². The Morgan fingerprint density at radius 2 is 1.93 bits per heavy atom. The Hall–Kier alpha value is -2.33. The summed E-state index contributed by atoms with van der Waals surface area (Å²) in [4.78, 5) is 12.6. The molecule has 4 nitrogen and oxygen atoms in total. The first-order valence-electron chi connectivity index (χ1n) is 9.98. The number of carbonyl (C=O) groups is 1. The van der Waals surface area contributed by atoms with Gasteiger partial charge >= 0.3 is 0 Å². The first kappa shape index (κ1) is 18.1. The maximum atomic E-state index is 12.6. The van der Waals surface area contributed by atoms with E-state index in [-0.39, 0.29) is 11.8 Å². The molecule has 2 aromatic carbocycles. The van der Waals surface area contributed by atoms with Crippen LogP contribution in [0.4, 0.5) is 0 Å². The minimum Gasteiger partial charge on any atom is -0.489 e. The van der Waals surface area contributed by atoms with Crippen LogP contribution in [0.5, 0.6) is 5.75 Å². The summed E-state index contributed by atoms with van der Waals surface area (Å²) in [6, 6.07) is 18.7. The van der Waals surface area contributed by atoms with Crippen LogP contribution in [0.25, 0.3) is 0 Å². The van der Waals surface area contributed by atoms with Crippen LogP contribution in [0.2, 0.25) is 0 Å². The van der Waals surface area contributed by atoms with Crippen molar-refractivity contribution in [2.24, 2.45) is 11.8 Å². The highest BCUT2D eigenvalue weighted by molar-refractivity contribution is 5.83. The molecule has 142 valence electrons. The molecule has 1 heterocycles. The Kier molecular flexibility index (Phi) is 5.44. The standard InChI is InChI=1S/C23H28N2O2/c1-16-14-24-12-11-22(16)25-23(26)21-13-20(21)18-7-9-19(10-8-18)27-15-17-5-3-2-4-6-17/h2-10,16,20-22,24H,11-15H2,1H3,(H,25,26). The zero-order chi connectivity index (χ0) is 18.6. The molecule has 0 bridgehead atoms. The van der Waals surface area contributed by atoms with E-state index in [9.17, 15) is 4.79 Å². The molecule has 4 heteroatoms. The summed E-state index contributed by atoms with van der Waals surface area (Å²) in [6.07, 6.45) is 1.98. The van der Waals surface area contributed by atoms with E-state index >= 15 is 0 Å². The summed E-state index contributed by atoms with van der Waals surface area (Å²) >= 11 is 0. The van der Waals surface area contributed by atoms with E-state index in [1.807, 2.05) is 30.3 Å². The quantitative estimate of drug-likeness (QED) is 0.825. The molecular formula is C23H28N2O2. The van der Waals surface area contributed by atoms with Gasteiger partial charge in [-0.1, -0.05) is 49.4 Å². The van der Waals surface area contributed by atoms with Gasteiger partial charge in [0.2, 0.25) is 5.91 Å². The molecule has 4 unspecified atom stereocenters. The molecule has 1 aliphatic carbocycles. The lowest BCUT2D eigenvalue weighted by Gasteiger charge is -2.30. The van der Waals surface area contributed by atoms with Crippen LogP contribution in [-0.2, 0) is 11.4 Å². The van der Waals surface area contributed by atoms with Crippen LogP contribution in [0.1, 0.15) is 36.8 Å². The van der Waals surface area contributed by atoms with Gasteiger partial charge in [0.15, 0.2) is 0 Å². The summed E-state index contributed by atoms with van der Waals surface area (Å²) in [5, 5.41) is 6.66. The highest BCUT2D eigenvalue weighted by atomic mass is 16.5. The minimum atomic E-state index is 0.128. The average molecular weight is 364 g/mol. The topological polar surface area (TPSA) is 50.4 Å². The summed E-state index contributed by atoms with van der Waals surface area (Å²) < 4.78 is 5.85. The second-order valence-electron chi connectivity index (χ2n) is 7.88. The van der Waals surface area contributed by atoms with E-state index in [2.05, 4.69) is 41.8 Å². The maximum absolute atomic E-state index is 12.6. The third-order valence-corrected chi connectivity index (χ3v) is 5.80. The molecule has 1 amide bonds. The molecule has 2 N–H and O–H groups in total. The number of rotatable bonds is 6. The van der Waals surface area contributed by atoms with Gasteiger partial charge in [-0.2, -0.15) is 0 Å². The number of carbonyl (C=O) groups excluding carboxylic acids is 1. The number of hydrogen-bond donors (Lipinski definition) is 2. The SMILES string of the molecule is CC1CNCCC1NC(=O)C1CC1c1ccc(OCc2ccccc2)cc1. The molecule has 4 atom stereocenters. The third kappa shape index (κ3) is 4.51. The smallest absolute Gasteiger partial charge is 0.223 e. The molecule has 0 aromatic heterocycles. The fourth-order valence-electron chi connectivity index (χ4n) is 3.92. The molecule has 2 fully saturated rings. The second-order valence-corrected chi connectivity index (χ2v) is 7.88. The summed E-state index contributed by atoms with van der Waals surface area (Å²) in [7, 11) is 0. The van der Waals surface area contributed by atoms with Crippen molar-refractivity contribution in [2.75, 3.05) is 13.1 Å². The fourth-order valence-corrected chi connectivity index (χ4v) is 3.92. The minimum absolute atomic E-state index is 0.128. The van der Waals surface area contributed by atoms with Crippen LogP contribution < -0.4 is 15.4 Å². The fraction of sp³-hybridized carbons (Fsp3) is 0.435. The molecule has 4 rings (SSSR count). The van der Waals surface area contributed by atoms with Gasteiger partial charge in [0.25, 0.3) is 0 Å². The van der Waals surface area contributed by atoms with Crippen molar-refractivity contribution in [3.8, 4) is 5.75 Å². The number of ether oxygens (including phenoxy) is 1.